The number of fused-ring (bicyclic) bond motifs is 2. The molecule has 4 rings (SSSR count). The van der Waals surface area contributed by atoms with Crippen molar-refractivity contribution in [3.63, 3.8) is 0 Å². The number of hydrogen-bond acceptors (Lipinski definition) is 4. The molecule has 0 spiro atoms. The van der Waals surface area contributed by atoms with Gasteiger partial charge in [-0.15, -0.1) is 0 Å². The van der Waals surface area contributed by atoms with Gasteiger partial charge in [0.2, 0.25) is 0 Å². The van der Waals surface area contributed by atoms with Gasteiger partial charge in [-0.2, -0.15) is 0 Å². The van der Waals surface area contributed by atoms with E-state index >= 15 is 0 Å². The van der Waals surface area contributed by atoms with E-state index in [-0.39, 0.29) is 34.3 Å². The van der Waals surface area contributed by atoms with E-state index in [4.69, 9.17) is 0 Å². The van der Waals surface area contributed by atoms with E-state index in [2.05, 4.69) is 6.58 Å². The maximum atomic E-state index is 13.5. The van der Waals surface area contributed by atoms with Crippen molar-refractivity contribution in [2.75, 3.05) is 0 Å². The molecule has 2 aliphatic carbocycles. The second kappa shape index (κ2) is 18.2. The van der Waals surface area contributed by atoms with Gasteiger partial charge in [0.05, 0.1) is 0 Å². The Kier molecular flexibility index (Phi) is 16.4. The molecule has 2 aliphatic rings. The molecule has 0 saturated heterocycles. The maximum Gasteiger partial charge on any atom is 0.194 e. The molecule has 0 aliphatic heterocycles. The molecule has 4 nitrogen and oxygen atoms in total. The lowest BCUT2D eigenvalue weighted by atomic mass is 9.74. The number of hydrogen-bond donors (Lipinski definition) is 0. The zero-order valence-electron chi connectivity index (χ0n) is 26.7. The van der Waals surface area contributed by atoms with E-state index in [0.717, 1.165) is 0 Å². The first-order valence-corrected chi connectivity index (χ1v) is 14.6. The third kappa shape index (κ3) is 7.32. The van der Waals surface area contributed by atoms with E-state index in [9.17, 15) is 19.2 Å². The fraction of sp³-hybridized carbons (Fsp3) is 0.297. The van der Waals surface area contributed by atoms with Crippen molar-refractivity contribution in [1.29, 1.82) is 0 Å². The Hall–Kier alpha value is -4.18. The Morgan fingerprint density at radius 1 is 0.537 bits per heavy atom. The molecule has 2 aromatic rings. The third-order valence-electron chi connectivity index (χ3n) is 6.12. The lowest BCUT2D eigenvalue weighted by Gasteiger charge is -2.26. The summed E-state index contributed by atoms with van der Waals surface area (Å²) in [7, 11) is 0. The summed E-state index contributed by atoms with van der Waals surface area (Å²) in [6.45, 7) is 24.7. The first-order valence-electron chi connectivity index (χ1n) is 14.6. The van der Waals surface area contributed by atoms with Crippen molar-refractivity contribution >= 4 is 23.1 Å². The molecule has 0 aromatic heterocycles. The summed E-state index contributed by atoms with van der Waals surface area (Å²) >= 11 is 0. The second-order valence-corrected chi connectivity index (χ2v) is 7.93. The lowest BCUT2D eigenvalue weighted by molar-refractivity contribution is 0.0974. The first kappa shape index (κ1) is 36.8. The number of allylic oxidation sites excluding steroid dienone is 9. The molecule has 0 unspecified atom stereocenters. The quantitative estimate of drug-likeness (QED) is 0.353. The summed E-state index contributed by atoms with van der Waals surface area (Å²) in [5.74, 6) is -1.07. The van der Waals surface area contributed by atoms with Gasteiger partial charge >= 0.3 is 0 Å². The van der Waals surface area contributed by atoms with E-state index in [1.165, 1.54) is 6.08 Å². The van der Waals surface area contributed by atoms with Crippen LogP contribution >= 0.6 is 0 Å². The van der Waals surface area contributed by atoms with Gasteiger partial charge in [0.15, 0.2) is 23.1 Å². The van der Waals surface area contributed by atoms with Crippen LogP contribution in [0.2, 0.25) is 0 Å². The highest BCUT2D eigenvalue weighted by atomic mass is 16.1. The van der Waals surface area contributed by atoms with Gasteiger partial charge in [-0.3, -0.25) is 19.2 Å². The molecule has 2 aromatic carbocycles. The van der Waals surface area contributed by atoms with Gasteiger partial charge < -0.3 is 0 Å². The highest BCUT2D eigenvalue weighted by molar-refractivity contribution is 6.31. The molecule has 0 amide bonds. The van der Waals surface area contributed by atoms with Crippen LogP contribution in [0.5, 0.6) is 0 Å². The number of carbonyl (C=O) groups excluding carboxylic acids is 4. The van der Waals surface area contributed by atoms with Crippen molar-refractivity contribution in [2.45, 2.75) is 76.2 Å². The molecule has 0 saturated carbocycles. The van der Waals surface area contributed by atoms with Crippen molar-refractivity contribution in [2.24, 2.45) is 0 Å². The van der Waals surface area contributed by atoms with Crippen LogP contribution in [0.3, 0.4) is 0 Å². The molecular weight excluding hydrogens is 508 g/mol. The normalized spacial score (nSPS) is 14.1. The Balaban J connectivity index is 0.00000184. The summed E-state index contributed by atoms with van der Waals surface area (Å²) in [6.07, 6.45) is 4.83. The van der Waals surface area contributed by atoms with Crippen molar-refractivity contribution in [3.05, 3.63) is 129 Å². The Labute approximate surface area is 247 Å². The van der Waals surface area contributed by atoms with Gasteiger partial charge in [0, 0.05) is 44.5 Å². The van der Waals surface area contributed by atoms with Crippen LogP contribution in [-0.2, 0) is 0 Å². The van der Waals surface area contributed by atoms with Gasteiger partial charge in [-0.1, -0.05) is 129 Å². The smallest absolute Gasteiger partial charge is 0.194 e. The van der Waals surface area contributed by atoms with E-state index < -0.39 is 0 Å². The monoisotopic (exact) mass is 554 g/mol. The van der Waals surface area contributed by atoms with Crippen LogP contribution in [0.15, 0.2) is 107 Å². The highest BCUT2D eigenvalue weighted by Gasteiger charge is 2.36. The molecule has 0 heterocycles. The van der Waals surface area contributed by atoms with E-state index in [1.807, 2.05) is 55.4 Å². The molecule has 0 bridgehead atoms. The number of ketones is 4. The van der Waals surface area contributed by atoms with Gasteiger partial charge in [-0.05, 0) is 31.9 Å². The zero-order chi connectivity index (χ0) is 31.9. The minimum absolute atomic E-state index is 0.214. The number of benzene rings is 2. The molecular formula is C37H46O4. The van der Waals surface area contributed by atoms with Gasteiger partial charge in [0.25, 0.3) is 0 Å². The minimum atomic E-state index is -0.302. The molecule has 4 heteroatoms. The maximum absolute atomic E-state index is 13.5. The van der Waals surface area contributed by atoms with Crippen LogP contribution in [0.1, 0.15) is 118 Å². The summed E-state index contributed by atoms with van der Waals surface area (Å²) in [5.41, 5.74) is 3.22. The average Bonchev–Trinajstić information content (AvgIpc) is 3.04. The predicted octanol–water partition coefficient (Wildman–Crippen LogP) is 9.94. The van der Waals surface area contributed by atoms with Crippen LogP contribution < -0.4 is 0 Å². The molecule has 41 heavy (non-hydrogen) atoms. The largest absolute Gasteiger partial charge is 0.289 e. The second-order valence-electron chi connectivity index (χ2n) is 7.93. The number of Topliss-reactive ketones (excluding diaryl/α,β-unsaturated/α-hetero) is 4. The Bertz CT molecular complexity index is 1410. The van der Waals surface area contributed by atoms with E-state index in [0.29, 0.717) is 44.5 Å². The molecule has 0 N–H and O–H groups in total. The minimum Gasteiger partial charge on any atom is -0.289 e. The summed E-state index contributed by atoms with van der Waals surface area (Å²) in [5, 5.41) is 0. The van der Waals surface area contributed by atoms with Crippen molar-refractivity contribution in [1.82, 2.24) is 0 Å². The van der Waals surface area contributed by atoms with Crippen LogP contribution in [0, 0.1) is 0 Å². The van der Waals surface area contributed by atoms with Crippen LogP contribution in [0.25, 0.3) is 0 Å². The highest BCUT2D eigenvalue weighted by Crippen LogP contribution is 2.39. The standard InChI is InChI=1S/C29H22O4.4C2H6/c1-5-11-19(25-17(4)27(31)21-13-8-10-15-23(21)29(25)33)18(6-2)24-16(3)26(30)20-12-7-9-14-22(20)28(24)32;4*1-2/h5-15H,1H2,2-4H3;4*1-2H3/b18-6-,19-11-;;;;. The SMILES string of the molecule is C=C/C=C(C1=C(C)C(=O)c2ccccc2C1=O)/C(=C/C)C1=C(C)C(=O)c2ccccc2C1=O.CC.CC.CC.CC. The summed E-state index contributed by atoms with van der Waals surface area (Å²) in [6, 6.07) is 13.4. The van der Waals surface area contributed by atoms with Crippen LogP contribution in [0.4, 0.5) is 0 Å². The van der Waals surface area contributed by atoms with Gasteiger partial charge in [0.1, 0.15) is 0 Å². The summed E-state index contributed by atoms with van der Waals surface area (Å²) < 4.78 is 0. The summed E-state index contributed by atoms with van der Waals surface area (Å²) in [4.78, 5) is 53.2. The molecule has 218 valence electrons. The Morgan fingerprint density at radius 2 is 0.829 bits per heavy atom. The lowest BCUT2D eigenvalue weighted by Crippen LogP contribution is -2.26. The Morgan fingerprint density at radius 3 is 1.12 bits per heavy atom. The first-order chi connectivity index (χ1) is 19.8. The van der Waals surface area contributed by atoms with Gasteiger partial charge in [-0.25, -0.2) is 0 Å². The van der Waals surface area contributed by atoms with E-state index in [1.54, 1.807) is 81.5 Å². The third-order valence-corrected chi connectivity index (χ3v) is 6.12. The van der Waals surface area contributed by atoms with Crippen molar-refractivity contribution in [3.8, 4) is 0 Å². The zero-order valence-corrected chi connectivity index (χ0v) is 26.7. The molecule has 0 atom stereocenters. The average molecular weight is 555 g/mol. The fourth-order valence-electron chi connectivity index (χ4n) is 4.51. The topological polar surface area (TPSA) is 68.3 Å². The number of rotatable bonds is 4. The molecule has 0 radical (unpaired) electrons. The molecule has 0 fully saturated rings. The predicted molar refractivity (Wildman–Crippen MR) is 173 cm³/mol. The van der Waals surface area contributed by atoms with Crippen LogP contribution in [-0.4, -0.2) is 23.1 Å². The van der Waals surface area contributed by atoms with Crippen molar-refractivity contribution < 1.29 is 19.2 Å². The fourth-order valence-corrected chi connectivity index (χ4v) is 4.51. The number of carbonyl (C=O) groups is 4.